The number of fused-ring (bicyclic) bond motifs is 1. The minimum Gasteiger partial charge on any atom is -0.427 e. The fourth-order valence-electron chi connectivity index (χ4n) is 2.66. The largest absolute Gasteiger partial charge is 0.427 e. The first kappa shape index (κ1) is 18.9. The Balaban J connectivity index is 2.21. The van der Waals surface area contributed by atoms with Gasteiger partial charge < -0.3 is 28.1 Å². The second-order valence-electron chi connectivity index (χ2n) is 5.82. The molecule has 0 N–H and O–H groups in total. The minimum atomic E-state index is -0.779. The van der Waals surface area contributed by atoms with Crippen LogP contribution < -0.4 is 14.2 Å². The van der Waals surface area contributed by atoms with Crippen LogP contribution >= 0.6 is 0 Å². The van der Waals surface area contributed by atoms with Crippen molar-refractivity contribution >= 4 is 28.9 Å². The second kappa shape index (κ2) is 7.77. The molecule has 1 aliphatic rings. The van der Waals surface area contributed by atoms with Crippen LogP contribution in [0.2, 0.25) is 0 Å². The molecular formula is C18H18O9. The van der Waals surface area contributed by atoms with Crippen molar-refractivity contribution in [1.29, 1.82) is 0 Å². The Bertz CT molecular complexity index is 890. The van der Waals surface area contributed by atoms with E-state index in [1.165, 1.54) is 32.9 Å². The molecule has 27 heavy (non-hydrogen) atoms. The summed E-state index contributed by atoms with van der Waals surface area (Å²) in [5.41, 5.74) is 0.639. The van der Waals surface area contributed by atoms with Crippen LogP contribution in [0.4, 0.5) is 0 Å². The van der Waals surface area contributed by atoms with E-state index in [9.17, 15) is 14.4 Å². The van der Waals surface area contributed by atoms with E-state index in [4.69, 9.17) is 28.1 Å². The van der Waals surface area contributed by atoms with Crippen molar-refractivity contribution in [3.05, 3.63) is 17.7 Å². The monoisotopic (exact) mass is 378 g/mol. The van der Waals surface area contributed by atoms with E-state index < -0.39 is 24.2 Å². The summed E-state index contributed by atoms with van der Waals surface area (Å²) in [4.78, 5) is 34.3. The highest BCUT2D eigenvalue weighted by Crippen LogP contribution is 2.45. The van der Waals surface area contributed by atoms with Crippen LogP contribution in [0.3, 0.4) is 0 Å². The van der Waals surface area contributed by atoms with Gasteiger partial charge in [-0.15, -0.1) is 0 Å². The fraction of sp³-hybridized carbons (Fsp3) is 0.389. The number of furan rings is 1. The lowest BCUT2D eigenvalue weighted by atomic mass is 10.1. The summed E-state index contributed by atoms with van der Waals surface area (Å²) in [5, 5.41) is 0.271. The predicted molar refractivity (Wildman–Crippen MR) is 89.4 cm³/mol. The number of esters is 3. The van der Waals surface area contributed by atoms with Crippen molar-refractivity contribution in [2.45, 2.75) is 33.5 Å². The molecule has 9 nitrogen and oxygen atoms in total. The number of hydrogen-bond acceptors (Lipinski definition) is 9. The molecule has 0 aliphatic carbocycles. The number of ether oxygens (including phenoxy) is 5. The van der Waals surface area contributed by atoms with Crippen LogP contribution in [0.5, 0.6) is 17.4 Å². The third-order valence-electron chi connectivity index (χ3n) is 3.54. The van der Waals surface area contributed by atoms with E-state index in [2.05, 4.69) is 0 Å². The lowest BCUT2D eigenvalue weighted by molar-refractivity contribution is -0.182. The van der Waals surface area contributed by atoms with E-state index in [0.717, 1.165) is 6.42 Å². The Kier molecular flexibility index (Phi) is 5.43. The van der Waals surface area contributed by atoms with Crippen LogP contribution in [0, 0.1) is 0 Å². The quantitative estimate of drug-likeness (QED) is 0.585. The second-order valence-corrected chi connectivity index (χ2v) is 5.82. The summed E-state index contributed by atoms with van der Waals surface area (Å²) < 4.78 is 32.2. The van der Waals surface area contributed by atoms with Crippen LogP contribution in [0.15, 0.2) is 16.5 Å². The molecule has 9 heteroatoms. The van der Waals surface area contributed by atoms with Crippen LogP contribution in [0.25, 0.3) is 11.0 Å². The predicted octanol–water partition coefficient (Wildman–Crippen LogP) is 2.64. The van der Waals surface area contributed by atoms with Crippen molar-refractivity contribution in [3.8, 4) is 17.4 Å². The van der Waals surface area contributed by atoms with Gasteiger partial charge in [0.1, 0.15) is 5.75 Å². The van der Waals surface area contributed by atoms with Gasteiger partial charge in [-0.25, -0.2) is 0 Å². The maximum atomic E-state index is 11.5. The van der Waals surface area contributed by atoms with Crippen LogP contribution in [0.1, 0.15) is 39.0 Å². The first-order valence-corrected chi connectivity index (χ1v) is 8.24. The third kappa shape index (κ3) is 4.26. The zero-order chi connectivity index (χ0) is 19.6. The van der Waals surface area contributed by atoms with Gasteiger partial charge >= 0.3 is 23.9 Å². The smallest absolute Gasteiger partial charge is 0.338 e. The minimum absolute atomic E-state index is 0.0984. The fourth-order valence-corrected chi connectivity index (χ4v) is 2.66. The number of hydrogen-bond donors (Lipinski definition) is 0. The summed E-state index contributed by atoms with van der Waals surface area (Å²) in [6.45, 7) is 4.57. The Labute approximate surface area is 154 Å². The topological polar surface area (TPSA) is 111 Å². The molecule has 0 unspecified atom stereocenters. The molecule has 0 spiro atoms. The van der Waals surface area contributed by atoms with Gasteiger partial charge in [-0.2, -0.15) is 0 Å². The summed E-state index contributed by atoms with van der Waals surface area (Å²) in [6.07, 6.45) is -0.0444. The zero-order valence-corrected chi connectivity index (χ0v) is 15.0. The Morgan fingerprint density at radius 1 is 0.926 bits per heavy atom. The van der Waals surface area contributed by atoms with E-state index >= 15 is 0 Å². The molecule has 1 aromatic heterocycles. The molecule has 0 atom stereocenters. The summed E-state index contributed by atoms with van der Waals surface area (Å²) in [5.74, 6) is -2.05. The highest BCUT2D eigenvalue weighted by molar-refractivity contribution is 5.93. The first-order chi connectivity index (χ1) is 12.8. The highest BCUT2D eigenvalue weighted by Gasteiger charge is 2.28. The van der Waals surface area contributed by atoms with Gasteiger partial charge in [0, 0.05) is 20.8 Å². The molecule has 1 aromatic carbocycles. The van der Waals surface area contributed by atoms with Gasteiger partial charge in [0.05, 0.1) is 24.2 Å². The van der Waals surface area contributed by atoms with Gasteiger partial charge in [-0.1, -0.05) is 0 Å². The number of carbonyl (C=O) groups is 3. The van der Waals surface area contributed by atoms with Crippen LogP contribution in [-0.4, -0.2) is 31.1 Å². The van der Waals surface area contributed by atoms with Gasteiger partial charge in [0.15, 0.2) is 11.9 Å². The SMILES string of the molecule is CC(=O)Oc1cc(C2OCCCO2)c2oc(OC(C)=O)c(OC(C)=O)c2c1. The molecule has 0 radical (unpaired) electrons. The highest BCUT2D eigenvalue weighted by atomic mass is 16.7. The average Bonchev–Trinajstić information content (AvgIpc) is 2.91. The molecule has 144 valence electrons. The third-order valence-corrected chi connectivity index (χ3v) is 3.54. The lowest BCUT2D eigenvalue weighted by Gasteiger charge is -2.23. The lowest BCUT2D eigenvalue weighted by Crippen LogP contribution is -2.18. The molecule has 1 saturated heterocycles. The molecule has 0 saturated carbocycles. The molecule has 1 fully saturated rings. The van der Waals surface area contributed by atoms with Crippen molar-refractivity contribution in [1.82, 2.24) is 0 Å². The normalized spacial score (nSPS) is 14.8. The van der Waals surface area contributed by atoms with E-state index in [1.807, 2.05) is 0 Å². The van der Waals surface area contributed by atoms with E-state index in [0.29, 0.717) is 18.8 Å². The molecule has 1 aliphatic heterocycles. The Morgan fingerprint density at radius 3 is 2.15 bits per heavy atom. The molecule has 0 bridgehead atoms. The van der Waals surface area contributed by atoms with Crippen molar-refractivity contribution in [3.63, 3.8) is 0 Å². The Hall–Kier alpha value is -2.91. The molecular weight excluding hydrogens is 360 g/mol. The molecule has 3 rings (SSSR count). The van der Waals surface area contributed by atoms with Crippen molar-refractivity contribution in [2.75, 3.05) is 13.2 Å². The summed E-state index contributed by atoms with van der Waals surface area (Å²) in [7, 11) is 0. The number of rotatable bonds is 4. The first-order valence-electron chi connectivity index (χ1n) is 8.24. The molecule has 2 heterocycles. The van der Waals surface area contributed by atoms with Gasteiger partial charge in [0.2, 0.25) is 5.75 Å². The Morgan fingerprint density at radius 2 is 1.56 bits per heavy atom. The van der Waals surface area contributed by atoms with Crippen molar-refractivity contribution in [2.24, 2.45) is 0 Å². The average molecular weight is 378 g/mol. The van der Waals surface area contributed by atoms with Crippen molar-refractivity contribution < 1.29 is 42.5 Å². The van der Waals surface area contributed by atoms with Crippen LogP contribution in [-0.2, 0) is 23.9 Å². The van der Waals surface area contributed by atoms with Gasteiger partial charge in [0.25, 0.3) is 0 Å². The van der Waals surface area contributed by atoms with Gasteiger partial charge in [-0.05, 0) is 18.6 Å². The summed E-state index contributed by atoms with van der Waals surface area (Å²) >= 11 is 0. The number of benzene rings is 1. The standard InChI is InChI=1S/C18H18O9/c1-9(19)24-12-7-13-15(14(8-12)17-22-5-4-6-23-17)27-18(26-11(3)21)16(13)25-10(2)20/h7-8,17H,4-6H2,1-3H3. The maximum absolute atomic E-state index is 11.5. The van der Waals surface area contributed by atoms with E-state index in [-0.39, 0.29) is 28.4 Å². The molecule has 2 aromatic rings. The van der Waals surface area contributed by atoms with E-state index in [1.54, 1.807) is 0 Å². The molecule has 0 amide bonds. The van der Waals surface area contributed by atoms with Gasteiger partial charge in [-0.3, -0.25) is 14.4 Å². The zero-order valence-electron chi connectivity index (χ0n) is 15.0. The maximum Gasteiger partial charge on any atom is 0.338 e. The summed E-state index contributed by atoms with van der Waals surface area (Å²) in [6, 6.07) is 2.97. The number of carbonyl (C=O) groups excluding carboxylic acids is 3.